The predicted molar refractivity (Wildman–Crippen MR) is 67.8 cm³/mol. The van der Waals surface area contributed by atoms with Gasteiger partial charge in [0.05, 0.1) is 5.70 Å². The van der Waals surface area contributed by atoms with E-state index in [1.807, 2.05) is 44.2 Å². The second-order valence-electron chi connectivity index (χ2n) is 3.36. The lowest BCUT2D eigenvalue weighted by Crippen LogP contribution is -2.39. The summed E-state index contributed by atoms with van der Waals surface area (Å²) >= 11 is 4.73. The van der Waals surface area contributed by atoms with Gasteiger partial charge in [-0.15, -0.1) is 0 Å². The Bertz CT molecular complexity index is 367. The smallest absolute Gasteiger partial charge is 0.182 e. The van der Waals surface area contributed by atoms with Crippen LogP contribution in [0.3, 0.4) is 0 Å². The molecule has 0 radical (unpaired) electrons. The minimum Gasteiger partial charge on any atom is -0.375 e. The lowest BCUT2D eigenvalue weighted by Gasteiger charge is -2.14. The minimum atomic E-state index is 0.227. The van der Waals surface area contributed by atoms with Crippen LogP contribution < -0.4 is 16.6 Å². The first-order valence-corrected chi connectivity index (χ1v) is 5.06. The third kappa shape index (κ3) is 3.59. The lowest BCUT2D eigenvalue weighted by molar-refractivity contribution is 0.837. The molecule has 0 fully saturated rings. The van der Waals surface area contributed by atoms with Crippen molar-refractivity contribution in [2.75, 3.05) is 0 Å². The molecule has 0 atom stereocenters. The van der Waals surface area contributed by atoms with Crippen LogP contribution in [0.4, 0.5) is 0 Å². The predicted octanol–water partition coefficient (Wildman–Crippen LogP) is 1.78. The molecule has 0 aromatic heterocycles. The second kappa shape index (κ2) is 5.36. The Morgan fingerprint density at radius 1 is 1.13 bits per heavy atom. The zero-order chi connectivity index (χ0) is 11.3. The number of rotatable bonds is 3. The third-order valence-corrected chi connectivity index (χ3v) is 1.98. The molecule has 0 unspecified atom stereocenters. The van der Waals surface area contributed by atoms with E-state index in [4.69, 9.17) is 18.0 Å². The normalized spacial score (nSPS) is 9.20. The standard InChI is InChI=1S/C11H15N3S/c1-8(2)10(13-14-11(12)15)9-6-4-3-5-7-9/h3-7,13H,1-2H3,(H3,12,14,15). The zero-order valence-electron chi connectivity index (χ0n) is 8.87. The molecule has 15 heavy (non-hydrogen) atoms. The average Bonchev–Trinajstić information content (AvgIpc) is 2.18. The molecule has 0 amide bonds. The molecule has 3 nitrogen and oxygen atoms in total. The Morgan fingerprint density at radius 3 is 2.20 bits per heavy atom. The molecule has 0 spiro atoms. The van der Waals surface area contributed by atoms with Gasteiger partial charge in [-0.1, -0.05) is 35.9 Å². The monoisotopic (exact) mass is 221 g/mol. The molecule has 1 aromatic carbocycles. The molecule has 0 aliphatic carbocycles. The van der Waals surface area contributed by atoms with E-state index in [9.17, 15) is 0 Å². The highest BCUT2D eigenvalue weighted by molar-refractivity contribution is 7.80. The summed E-state index contributed by atoms with van der Waals surface area (Å²) in [4.78, 5) is 0. The number of thiocarbonyl (C=S) groups is 1. The maximum atomic E-state index is 5.35. The topological polar surface area (TPSA) is 50.1 Å². The summed E-state index contributed by atoms with van der Waals surface area (Å²) in [7, 11) is 0. The molecule has 0 aliphatic rings. The van der Waals surface area contributed by atoms with Crippen LogP contribution in [0.2, 0.25) is 0 Å². The summed E-state index contributed by atoms with van der Waals surface area (Å²) in [5, 5.41) is 0.227. The average molecular weight is 221 g/mol. The van der Waals surface area contributed by atoms with Gasteiger partial charge in [-0.25, -0.2) is 0 Å². The van der Waals surface area contributed by atoms with Crippen LogP contribution in [-0.2, 0) is 0 Å². The number of hydrogen-bond donors (Lipinski definition) is 3. The number of hydrogen-bond acceptors (Lipinski definition) is 2. The summed E-state index contributed by atoms with van der Waals surface area (Å²) < 4.78 is 0. The van der Waals surface area contributed by atoms with Crippen molar-refractivity contribution < 1.29 is 0 Å². The fraction of sp³-hybridized carbons (Fsp3) is 0.182. The van der Waals surface area contributed by atoms with Gasteiger partial charge in [0, 0.05) is 0 Å². The molecule has 0 aliphatic heterocycles. The maximum Gasteiger partial charge on any atom is 0.182 e. The fourth-order valence-electron chi connectivity index (χ4n) is 1.21. The van der Waals surface area contributed by atoms with Crippen molar-refractivity contribution in [3.05, 3.63) is 41.5 Å². The fourth-order valence-corrected chi connectivity index (χ4v) is 1.27. The van der Waals surface area contributed by atoms with E-state index in [1.54, 1.807) is 0 Å². The van der Waals surface area contributed by atoms with Crippen molar-refractivity contribution in [3.63, 3.8) is 0 Å². The highest BCUT2D eigenvalue weighted by Crippen LogP contribution is 2.14. The van der Waals surface area contributed by atoms with Gasteiger partial charge in [-0.3, -0.25) is 10.9 Å². The molecule has 0 heterocycles. The molecule has 0 saturated heterocycles. The number of nitrogens with one attached hydrogen (secondary N) is 2. The minimum absolute atomic E-state index is 0.227. The summed E-state index contributed by atoms with van der Waals surface area (Å²) in [5.41, 5.74) is 14.3. The first-order chi connectivity index (χ1) is 7.11. The highest BCUT2D eigenvalue weighted by atomic mass is 32.1. The Balaban J connectivity index is 2.86. The molecular formula is C11H15N3S. The van der Waals surface area contributed by atoms with Gasteiger partial charge in [-0.05, 0) is 31.6 Å². The molecule has 1 rings (SSSR count). The molecular weight excluding hydrogens is 206 g/mol. The van der Waals surface area contributed by atoms with E-state index in [0.29, 0.717) is 0 Å². The van der Waals surface area contributed by atoms with Gasteiger partial charge in [-0.2, -0.15) is 0 Å². The lowest BCUT2D eigenvalue weighted by atomic mass is 10.1. The largest absolute Gasteiger partial charge is 0.375 e. The molecule has 0 bridgehead atoms. The zero-order valence-corrected chi connectivity index (χ0v) is 9.69. The molecule has 0 saturated carbocycles. The molecule has 4 N–H and O–H groups in total. The van der Waals surface area contributed by atoms with E-state index in [-0.39, 0.29) is 5.11 Å². The molecule has 1 aromatic rings. The van der Waals surface area contributed by atoms with E-state index >= 15 is 0 Å². The van der Waals surface area contributed by atoms with E-state index in [0.717, 1.165) is 16.8 Å². The Hall–Kier alpha value is -1.55. The SMILES string of the molecule is CC(C)=C(NNC(N)=S)c1ccccc1. The van der Waals surface area contributed by atoms with E-state index in [1.165, 1.54) is 0 Å². The van der Waals surface area contributed by atoms with Gasteiger partial charge in [0.15, 0.2) is 5.11 Å². The number of hydrazine groups is 1. The van der Waals surface area contributed by atoms with Gasteiger partial charge in [0.1, 0.15) is 0 Å². The summed E-state index contributed by atoms with van der Waals surface area (Å²) in [6.07, 6.45) is 0. The number of benzene rings is 1. The van der Waals surface area contributed by atoms with Crippen LogP contribution in [0.1, 0.15) is 19.4 Å². The van der Waals surface area contributed by atoms with Crippen molar-refractivity contribution in [3.8, 4) is 0 Å². The van der Waals surface area contributed by atoms with Crippen LogP contribution in [0, 0.1) is 0 Å². The number of allylic oxidation sites excluding steroid dienone is 1. The van der Waals surface area contributed by atoms with Gasteiger partial charge in [0.25, 0.3) is 0 Å². The summed E-state index contributed by atoms with van der Waals surface area (Å²) in [6, 6.07) is 10.0. The van der Waals surface area contributed by atoms with Crippen molar-refractivity contribution in [2.24, 2.45) is 5.73 Å². The van der Waals surface area contributed by atoms with Gasteiger partial charge >= 0.3 is 0 Å². The van der Waals surface area contributed by atoms with Gasteiger partial charge in [0.2, 0.25) is 0 Å². The van der Waals surface area contributed by atoms with Crippen LogP contribution in [0.25, 0.3) is 5.70 Å². The second-order valence-corrected chi connectivity index (χ2v) is 3.80. The quantitative estimate of drug-likeness (QED) is 0.538. The molecule has 4 heteroatoms. The van der Waals surface area contributed by atoms with E-state index < -0.39 is 0 Å². The number of nitrogens with two attached hydrogens (primary N) is 1. The van der Waals surface area contributed by atoms with Crippen molar-refractivity contribution in [1.29, 1.82) is 0 Å². The highest BCUT2D eigenvalue weighted by Gasteiger charge is 2.01. The Labute approximate surface area is 95.3 Å². The van der Waals surface area contributed by atoms with Crippen LogP contribution in [0.15, 0.2) is 35.9 Å². The van der Waals surface area contributed by atoms with Crippen molar-refractivity contribution >= 4 is 23.0 Å². The van der Waals surface area contributed by atoms with Crippen molar-refractivity contribution in [1.82, 2.24) is 10.9 Å². The van der Waals surface area contributed by atoms with Crippen LogP contribution in [0.5, 0.6) is 0 Å². The van der Waals surface area contributed by atoms with E-state index in [2.05, 4.69) is 10.9 Å². The molecule has 80 valence electrons. The van der Waals surface area contributed by atoms with Crippen LogP contribution in [-0.4, -0.2) is 5.11 Å². The first kappa shape index (κ1) is 11.5. The third-order valence-electron chi connectivity index (χ3n) is 1.87. The Morgan fingerprint density at radius 2 is 1.73 bits per heavy atom. The maximum absolute atomic E-state index is 5.35. The van der Waals surface area contributed by atoms with Gasteiger partial charge < -0.3 is 5.73 Å². The summed E-state index contributed by atoms with van der Waals surface area (Å²) in [6.45, 7) is 4.05. The van der Waals surface area contributed by atoms with Crippen LogP contribution >= 0.6 is 12.2 Å². The first-order valence-electron chi connectivity index (χ1n) is 4.65. The van der Waals surface area contributed by atoms with Crippen molar-refractivity contribution in [2.45, 2.75) is 13.8 Å². The Kier molecular flexibility index (Phi) is 4.12. The summed E-state index contributed by atoms with van der Waals surface area (Å²) in [5.74, 6) is 0.